The van der Waals surface area contributed by atoms with Crippen LogP contribution in [0.2, 0.25) is 0 Å². The summed E-state index contributed by atoms with van der Waals surface area (Å²) in [5.74, 6) is 1.91. The Kier molecular flexibility index (Phi) is 5.93. The normalized spacial score (nSPS) is 23.0. The minimum atomic E-state index is 0.127. The molecule has 1 fully saturated rings. The van der Waals surface area contributed by atoms with Gasteiger partial charge in [-0.1, -0.05) is 26.7 Å². The lowest BCUT2D eigenvalue weighted by Crippen LogP contribution is -2.43. The van der Waals surface area contributed by atoms with Crippen LogP contribution < -0.4 is 0 Å². The van der Waals surface area contributed by atoms with Crippen molar-refractivity contribution in [2.24, 2.45) is 5.92 Å². The summed E-state index contributed by atoms with van der Waals surface area (Å²) in [5, 5.41) is 0. The quantitative estimate of drug-likeness (QED) is 0.851. The van der Waals surface area contributed by atoms with Gasteiger partial charge < -0.3 is 9.47 Å². The first-order chi connectivity index (χ1) is 11.6. The Morgan fingerprint density at radius 2 is 1.88 bits per heavy atom. The third kappa shape index (κ3) is 4.18. The number of carbonyl (C=O) groups excluding carboxylic acids is 1. The Morgan fingerprint density at radius 3 is 2.58 bits per heavy atom. The second kappa shape index (κ2) is 8.15. The lowest BCUT2D eigenvalue weighted by atomic mass is 10.0. The fraction of sp³-hybridized carbons (Fsp3) is 0.789. The second-order valence-corrected chi connectivity index (χ2v) is 7.76. The van der Waals surface area contributed by atoms with Crippen LogP contribution in [0, 0.1) is 5.92 Å². The van der Waals surface area contributed by atoms with Gasteiger partial charge in [0.15, 0.2) is 0 Å². The Labute approximate surface area is 146 Å². The summed E-state index contributed by atoms with van der Waals surface area (Å²) >= 11 is 0. The summed E-state index contributed by atoms with van der Waals surface area (Å²) in [6.45, 7) is 9.01. The number of rotatable bonds is 4. The van der Waals surface area contributed by atoms with Crippen LogP contribution >= 0.6 is 0 Å². The zero-order valence-electron chi connectivity index (χ0n) is 15.3. The summed E-state index contributed by atoms with van der Waals surface area (Å²) in [5.41, 5.74) is 0. The summed E-state index contributed by atoms with van der Waals surface area (Å²) in [6.07, 6.45) is 11.0. The number of hydrogen-bond acceptors (Lipinski definition) is 3. The van der Waals surface area contributed by atoms with Crippen molar-refractivity contribution in [2.45, 2.75) is 65.0 Å². The van der Waals surface area contributed by atoms with Gasteiger partial charge in [0.2, 0.25) is 5.91 Å². The molecular weight excluding hydrogens is 300 g/mol. The van der Waals surface area contributed by atoms with Crippen LogP contribution in [0.1, 0.15) is 64.2 Å². The summed E-state index contributed by atoms with van der Waals surface area (Å²) in [6, 6.07) is 0.127. The molecular formula is C19H32N4O. The average Bonchev–Trinajstić information content (AvgIpc) is 2.75. The first-order valence-corrected chi connectivity index (χ1v) is 9.68. The largest absolute Gasteiger partial charge is 0.333 e. The topological polar surface area (TPSA) is 41.4 Å². The third-order valence-corrected chi connectivity index (χ3v) is 5.29. The van der Waals surface area contributed by atoms with Crippen LogP contribution in [-0.2, 0) is 11.3 Å². The van der Waals surface area contributed by atoms with Gasteiger partial charge in [-0.15, -0.1) is 0 Å². The van der Waals surface area contributed by atoms with Crippen molar-refractivity contribution in [3.63, 3.8) is 0 Å². The van der Waals surface area contributed by atoms with E-state index in [9.17, 15) is 4.79 Å². The van der Waals surface area contributed by atoms with Crippen molar-refractivity contribution < 1.29 is 4.79 Å². The van der Waals surface area contributed by atoms with Crippen LogP contribution in [0.25, 0.3) is 0 Å². The molecule has 24 heavy (non-hydrogen) atoms. The molecule has 0 bridgehead atoms. The van der Waals surface area contributed by atoms with E-state index < -0.39 is 0 Å². The number of likely N-dealkylation sites (tertiary alicyclic amines) is 1. The molecule has 0 aromatic carbocycles. The molecule has 3 heterocycles. The van der Waals surface area contributed by atoms with Crippen molar-refractivity contribution >= 4 is 5.91 Å². The highest BCUT2D eigenvalue weighted by atomic mass is 16.2. The summed E-state index contributed by atoms with van der Waals surface area (Å²) in [7, 11) is 0. The van der Waals surface area contributed by atoms with Gasteiger partial charge in [-0.25, -0.2) is 4.98 Å². The van der Waals surface area contributed by atoms with E-state index >= 15 is 0 Å². The summed E-state index contributed by atoms with van der Waals surface area (Å²) in [4.78, 5) is 22.2. The van der Waals surface area contributed by atoms with E-state index in [0.29, 0.717) is 18.4 Å². The molecule has 3 rings (SSSR count). The predicted octanol–water partition coefficient (Wildman–Crippen LogP) is 3.08. The van der Waals surface area contributed by atoms with E-state index in [-0.39, 0.29) is 6.04 Å². The SMILES string of the molecule is CC(C)CC1c2nccn2CCCN1C(=O)CN1CCCCCC1. The molecule has 2 aliphatic heterocycles. The summed E-state index contributed by atoms with van der Waals surface area (Å²) < 4.78 is 2.24. The molecule has 2 aliphatic rings. The van der Waals surface area contributed by atoms with Gasteiger partial charge in [0.05, 0.1) is 12.6 Å². The van der Waals surface area contributed by atoms with Crippen LogP contribution in [-0.4, -0.2) is 51.4 Å². The average molecular weight is 332 g/mol. The van der Waals surface area contributed by atoms with Gasteiger partial charge in [-0.3, -0.25) is 9.69 Å². The van der Waals surface area contributed by atoms with E-state index in [0.717, 1.165) is 44.8 Å². The highest BCUT2D eigenvalue weighted by Gasteiger charge is 2.31. The molecule has 1 atom stereocenters. The van der Waals surface area contributed by atoms with E-state index in [1.54, 1.807) is 0 Å². The maximum Gasteiger partial charge on any atom is 0.237 e. The number of aryl methyl sites for hydroxylation is 1. The third-order valence-electron chi connectivity index (χ3n) is 5.29. The highest BCUT2D eigenvalue weighted by Crippen LogP contribution is 2.30. The Hall–Kier alpha value is -1.36. The molecule has 0 N–H and O–H groups in total. The number of imidazole rings is 1. The number of nitrogens with zero attached hydrogens (tertiary/aromatic N) is 4. The number of aromatic nitrogens is 2. The second-order valence-electron chi connectivity index (χ2n) is 7.76. The van der Waals surface area contributed by atoms with Gasteiger partial charge >= 0.3 is 0 Å². The zero-order valence-corrected chi connectivity index (χ0v) is 15.3. The standard InChI is InChI=1S/C19H32N4O/c1-16(2)14-17-19-20-8-13-22(19)11-7-12-23(17)18(24)15-21-9-5-3-4-6-10-21/h8,13,16-17H,3-7,9-12,14-15H2,1-2H3. The highest BCUT2D eigenvalue weighted by molar-refractivity contribution is 5.78. The fourth-order valence-electron chi connectivity index (χ4n) is 4.07. The van der Waals surface area contributed by atoms with Crippen LogP contribution in [0.5, 0.6) is 0 Å². The lowest BCUT2D eigenvalue weighted by Gasteiger charge is -2.32. The lowest BCUT2D eigenvalue weighted by molar-refractivity contribution is -0.135. The number of carbonyl (C=O) groups is 1. The maximum atomic E-state index is 13.1. The monoisotopic (exact) mass is 332 g/mol. The van der Waals surface area contributed by atoms with Gasteiger partial charge in [0.1, 0.15) is 5.82 Å². The van der Waals surface area contributed by atoms with Crippen LogP contribution in [0.4, 0.5) is 0 Å². The van der Waals surface area contributed by atoms with Crippen molar-refractivity contribution in [1.82, 2.24) is 19.4 Å². The molecule has 0 saturated carbocycles. The van der Waals surface area contributed by atoms with Crippen LogP contribution in [0.3, 0.4) is 0 Å². The first kappa shape index (κ1) is 17.5. The van der Waals surface area contributed by atoms with E-state index in [1.807, 2.05) is 6.20 Å². The maximum absolute atomic E-state index is 13.1. The van der Waals surface area contributed by atoms with E-state index in [4.69, 9.17) is 0 Å². The predicted molar refractivity (Wildman–Crippen MR) is 95.7 cm³/mol. The molecule has 134 valence electrons. The first-order valence-electron chi connectivity index (χ1n) is 9.68. The number of hydrogen-bond donors (Lipinski definition) is 0. The van der Waals surface area contributed by atoms with Crippen molar-refractivity contribution in [2.75, 3.05) is 26.2 Å². The molecule has 1 unspecified atom stereocenters. The Balaban J connectivity index is 1.74. The smallest absolute Gasteiger partial charge is 0.237 e. The van der Waals surface area contributed by atoms with E-state index in [2.05, 4.69) is 39.4 Å². The van der Waals surface area contributed by atoms with E-state index in [1.165, 1.54) is 25.7 Å². The zero-order chi connectivity index (χ0) is 16.9. The fourth-order valence-corrected chi connectivity index (χ4v) is 4.07. The van der Waals surface area contributed by atoms with Gasteiger partial charge in [0, 0.05) is 25.5 Å². The molecule has 5 nitrogen and oxygen atoms in total. The van der Waals surface area contributed by atoms with Gasteiger partial charge in [-0.2, -0.15) is 0 Å². The molecule has 1 saturated heterocycles. The Morgan fingerprint density at radius 1 is 1.12 bits per heavy atom. The van der Waals surface area contributed by atoms with Crippen molar-refractivity contribution in [3.8, 4) is 0 Å². The van der Waals surface area contributed by atoms with Gasteiger partial charge in [0.25, 0.3) is 0 Å². The molecule has 1 aromatic heterocycles. The molecule has 0 radical (unpaired) electrons. The molecule has 1 amide bonds. The van der Waals surface area contributed by atoms with Crippen molar-refractivity contribution in [3.05, 3.63) is 18.2 Å². The van der Waals surface area contributed by atoms with Crippen LogP contribution in [0.15, 0.2) is 12.4 Å². The molecule has 1 aromatic rings. The van der Waals surface area contributed by atoms with Gasteiger partial charge in [-0.05, 0) is 44.7 Å². The van der Waals surface area contributed by atoms with Crippen molar-refractivity contribution in [1.29, 1.82) is 0 Å². The minimum Gasteiger partial charge on any atom is -0.333 e. The molecule has 5 heteroatoms. The molecule has 0 aliphatic carbocycles. The number of fused-ring (bicyclic) bond motifs is 1. The number of amides is 1. The molecule has 0 spiro atoms. The minimum absolute atomic E-state index is 0.127. The Bertz CT molecular complexity index is 531.